The topological polar surface area (TPSA) is 42.7 Å². The number of morpholine rings is 1. The molecule has 2 aromatic heterocycles. The highest BCUT2D eigenvalue weighted by Gasteiger charge is 2.21. The van der Waals surface area contributed by atoms with Gasteiger partial charge in [0.05, 0.1) is 42.1 Å². The molecule has 1 aliphatic heterocycles. The zero-order chi connectivity index (χ0) is 21.4. The third-order valence-corrected chi connectivity index (χ3v) is 5.67. The second kappa shape index (κ2) is 8.34. The summed E-state index contributed by atoms with van der Waals surface area (Å²) < 4.78 is 36.1. The standard InChI is InChI=1S/C23H19ClF2N4O/c24-16-6-4-15(5-7-16)23-20(14-29-8-10-31-11-9-29)30-13-19(27-12-21(30)28-23)22-17(25)2-1-3-18(22)26/h1-7,12-13H,8-11,14H2. The SMILES string of the molecule is Fc1cccc(F)c1-c1cn2c(CN3CCOCC3)c(-c3ccc(Cl)cc3)nc2cn1. The summed E-state index contributed by atoms with van der Waals surface area (Å²) in [5.74, 6) is -1.31. The number of fused-ring (bicyclic) bond motifs is 1. The lowest BCUT2D eigenvalue weighted by Crippen LogP contribution is -2.36. The molecule has 0 aliphatic carbocycles. The van der Waals surface area contributed by atoms with Crippen molar-refractivity contribution in [1.29, 1.82) is 0 Å². The molecule has 8 heteroatoms. The smallest absolute Gasteiger partial charge is 0.156 e. The van der Waals surface area contributed by atoms with Crippen molar-refractivity contribution in [2.45, 2.75) is 6.54 Å². The van der Waals surface area contributed by atoms with Gasteiger partial charge in [-0.25, -0.2) is 13.8 Å². The second-order valence-corrected chi connectivity index (χ2v) is 7.84. The van der Waals surface area contributed by atoms with Gasteiger partial charge in [0.1, 0.15) is 11.6 Å². The molecule has 0 amide bonds. The maximum Gasteiger partial charge on any atom is 0.156 e. The number of aromatic nitrogens is 3. The fourth-order valence-corrected chi connectivity index (χ4v) is 3.96. The number of benzene rings is 2. The van der Waals surface area contributed by atoms with Crippen LogP contribution >= 0.6 is 11.6 Å². The first-order valence-corrected chi connectivity index (χ1v) is 10.4. The van der Waals surface area contributed by atoms with E-state index in [9.17, 15) is 8.78 Å². The Kier molecular flexibility index (Phi) is 5.40. The van der Waals surface area contributed by atoms with Crippen molar-refractivity contribution in [3.05, 3.63) is 77.2 Å². The summed E-state index contributed by atoms with van der Waals surface area (Å²) in [6.45, 7) is 3.55. The Bertz CT molecular complexity index is 1220. The third kappa shape index (κ3) is 3.92. The molecule has 2 aromatic carbocycles. The van der Waals surface area contributed by atoms with Crippen LogP contribution in [0.25, 0.3) is 28.2 Å². The lowest BCUT2D eigenvalue weighted by Gasteiger charge is -2.26. The Hall–Kier alpha value is -2.87. The average Bonchev–Trinajstić information content (AvgIpc) is 3.13. The monoisotopic (exact) mass is 440 g/mol. The number of hydrogen-bond donors (Lipinski definition) is 0. The largest absolute Gasteiger partial charge is 0.379 e. The van der Waals surface area contributed by atoms with Crippen molar-refractivity contribution in [2.24, 2.45) is 0 Å². The van der Waals surface area contributed by atoms with Gasteiger partial charge in [-0.15, -0.1) is 0 Å². The lowest BCUT2D eigenvalue weighted by molar-refractivity contribution is 0.0336. The fraction of sp³-hybridized carbons (Fsp3) is 0.217. The molecule has 0 saturated carbocycles. The molecule has 158 valence electrons. The summed E-state index contributed by atoms with van der Waals surface area (Å²) >= 11 is 6.06. The summed E-state index contributed by atoms with van der Waals surface area (Å²) in [7, 11) is 0. The molecular formula is C23H19ClF2N4O. The molecule has 0 unspecified atom stereocenters. The van der Waals surface area contributed by atoms with Crippen LogP contribution in [0, 0.1) is 11.6 Å². The van der Waals surface area contributed by atoms with Gasteiger partial charge in [-0.2, -0.15) is 0 Å². The first-order valence-electron chi connectivity index (χ1n) is 9.97. The van der Waals surface area contributed by atoms with Gasteiger partial charge in [0.15, 0.2) is 5.65 Å². The minimum Gasteiger partial charge on any atom is -0.379 e. The van der Waals surface area contributed by atoms with Gasteiger partial charge in [0.2, 0.25) is 0 Å². The second-order valence-electron chi connectivity index (χ2n) is 7.40. The van der Waals surface area contributed by atoms with Crippen LogP contribution in [0.15, 0.2) is 54.9 Å². The Morgan fingerprint density at radius 3 is 2.42 bits per heavy atom. The first-order chi connectivity index (χ1) is 15.1. The average molecular weight is 441 g/mol. The van der Waals surface area contributed by atoms with Crippen molar-refractivity contribution in [3.8, 4) is 22.5 Å². The predicted octanol–water partition coefficient (Wildman–Crippen LogP) is 4.83. The molecule has 0 N–H and O–H groups in total. The van der Waals surface area contributed by atoms with E-state index in [1.165, 1.54) is 18.2 Å². The van der Waals surface area contributed by atoms with Crippen molar-refractivity contribution >= 4 is 17.2 Å². The Morgan fingerprint density at radius 1 is 1.00 bits per heavy atom. The highest BCUT2D eigenvalue weighted by Crippen LogP contribution is 2.30. The summed E-state index contributed by atoms with van der Waals surface area (Å²) in [5.41, 5.74) is 3.29. The van der Waals surface area contributed by atoms with Gasteiger partial charge in [-0.1, -0.05) is 29.8 Å². The molecule has 4 aromatic rings. The van der Waals surface area contributed by atoms with E-state index >= 15 is 0 Å². The molecule has 3 heterocycles. The molecule has 31 heavy (non-hydrogen) atoms. The van der Waals surface area contributed by atoms with Crippen LogP contribution in [-0.2, 0) is 11.3 Å². The van der Waals surface area contributed by atoms with Crippen LogP contribution in [0.1, 0.15) is 5.69 Å². The molecule has 5 rings (SSSR count). The number of ether oxygens (including phenoxy) is 1. The van der Waals surface area contributed by atoms with Crippen LogP contribution in [0.5, 0.6) is 0 Å². The van der Waals surface area contributed by atoms with Gasteiger partial charge in [0, 0.05) is 36.4 Å². The summed E-state index contributed by atoms with van der Waals surface area (Å²) in [5, 5.41) is 0.640. The van der Waals surface area contributed by atoms with E-state index < -0.39 is 11.6 Å². The number of imidazole rings is 1. The highest BCUT2D eigenvalue weighted by atomic mass is 35.5. The van der Waals surface area contributed by atoms with Gasteiger partial charge < -0.3 is 4.74 Å². The van der Waals surface area contributed by atoms with Crippen molar-refractivity contribution < 1.29 is 13.5 Å². The number of halogens is 3. The molecule has 5 nitrogen and oxygen atoms in total. The van der Waals surface area contributed by atoms with Gasteiger partial charge in [-0.05, 0) is 24.3 Å². The van der Waals surface area contributed by atoms with Crippen LogP contribution < -0.4 is 0 Å². The Balaban J connectivity index is 1.67. The van der Waals surface area contributed by atoms with Crippen LogP contribution in [0.2, 0.25) is 5.02 Å². The molecule has 0 spiro atoms. The summed E-state index contributed by atoms with van der Waals surface area (Å²) in [6.07, 6.45) is 3.20. The molecule has 1 fully saturated rings. The number of nitrogens with zero attached hydrogens (tertiary/aromatic N) is 4. The van der Waals surface area contributed by atoms with E-state index in [0.29, 0.717) is 30.4 Å². The van der Waals surface area contributed by atoms with Crippen LogP contribution in [0.3, 0.4) is 0 Å². The van der Waals surface area contributed by atoms with Gasteiger partial charge in [0.25, 0.3) is 0 Å². The molecule has 0 bridgehead atoms. The summed E-state index contributed by atoms with van der Waals surface area (Å²) in [4.78, 5) is 11.3. The first kappa shape index (κ1) is 20.1. The van der Waals surface area contributed by atoms with E-state index in [2.05, 4.69) is 9.88 Å². The van der Waals surface area contributed by atoms with Crippen molar-refractivity contribution in [1.82, 2.24) is 19.3 Å². The lowest BCUT2D eigenvalue weighted by atomic mass is 10.1. The number of rotatable bonds is 4. The molecule has 0 radical (unpaired) electrons. The molecule has 1 saturated heterocycles. The van der Waals surface area contributed by atoms with E-state index in [1.54, 1.807) is 12.4 Å². The summed E-state index contributed by atoms with van der Waals surface area (Å²) in [6, 6.07) is 11.3. The van der Waals surface area contributed by atoms with E-state index in [0.717, 1.165) is 30.0 Å². The van der Waals surface area contributed by atoms with Gasteiger partial charge >= 0.3 is 0 Å². The normalized spacial score (nSPS) is 14.9. The third-order valence-electron chi connectivity index (χ3n) is 5.42. The highest BCUT2D eigenvalue weighted by molar-refractivity contribution is 6.30. The quantitative estimate of drug-likeness (QED) is 0.456. The van der Waals surface area contributed by atoms with E-state index in [1.807, 2.05) is 28.7 Å². The Morgan fingerprint density at radius 2 is 1.71 bits per heavy atom. The van der Waals surface area contributed by atoms with E-state index in [-0.39, 0.29) is 11.3 Å². The zero-order valence-corrected chi connectivity index (χ0v) is 17.3. The maximum atomic E-state index is 14.4. The molecule has 0 atom stereocenters. The minimum atomic E-state index is -0.653. The predicted molar refractivity (Wildman–Crippen MR) is 115 cm³/mol. The zero-order valence-electron chi connectivity index (χ0n) is 16.6. The van der Waals surface area contributed by atoms with Crippen LogP contribution in [-0.4, -0.2) is 45.6 Å². The molecular weight excluding hydrogens is 422 g/mol. The van der Waals surface area contributed by atoms with E-state index in [4.69, 9.17) is 21.3 Å². The fourth-order valence-electron chi connectivity index (χ4n) is 3.84. The van der Waals surface area contributed by atoms with Crippen molar-refractivity contribution in [3.63, 3.8) is 0 Å². The minimum absolute atomic E-state index is 0.150. The van der Waals surface area contributed by atoms with Crippen LogP contribution in [0.4, 0.5) is 8.78 Å². The maximum absolute atomic E-state index is 14.4. The molecule has 1 aliphatic rings. The van der Waals surface area contributed by atoms with Gasteiger partial charge in [-0.3, -0.25) is 14.3 Å². The Labute approximate surface area is 182 Å². The number of hydrogen-bond acceptors (Lipinski definition) is 4. The van der Waals surface area contributed by atoms with Crippen molar-refractivity contribution in [2.75, 3.05) is 26.3 Å².